The number of carbonyl (C=O) groups excluding carboxylic acids is 1. The quantitative estimate of drug-likeness (QED) is 0.628. The minimum Gasteiger partial charge on any atom is -0.406 e. The van der Waals surface area contributed by atoms with E-state index in [9.17, 15) is 26.4 Å². The van der Waals surface area contributed by atoms with Crippen LogP contribution in [0.15, 0.2) is 47.4 Å². The Balaban J connectivity index is 1.70. The average Bonchev–Trinajstić information content (AvgIpc) is 3.21. The van der Waals surface area contributed by atoms with Crippen molar-refractivity contribution in [2.24, 2.45) is 0 Å². The Hall–Kier alpha value is -2.34. The van der Waals surface area contributed by atoms with Crippen LogP contribution >= 0.6 is 11.6 Å². The van der Waals surface area contributed by atoms with Gasteiger partial charge in [0.1, 0.15) is 10.6 Å². The van der Waals surface area contributed by atoms with Crippen LogP contribution in [0.3, 0.4) is 0 Å². The molecule has 1 aliphatic heterocycles. The van der Waals surface area contributed by atoms with Crippen molar-refractivity contribution in [3.63, 3.8) is 0 Å². The number of carbonyl (C=O) groups is 1. The molecule has 12 heteroatoms. The lowest BCUT2D eigenvalue weighted by Gasteiger charge is -2.13. The number of ether oxygens (including phenoxy) is 2. The molecule has 2 N–H and O–H groups in total. The molecular formula is C19H18ClF3N2O5S. The molecule has 1 amide bonds. The molecule has 1 aliphatic rings. The van der Waals surface area contributed by atoms with Crippen LogP contribution in [0, 0.1) is 0 Å². The maximum Gasteiger partial charge on any atom is 0.573 e. The van der Waals surface area contributed by atoms with Crippen LogP contribution in [0.1, 0.15) is 23.2 Å². The predicted molar refractivity (Wildman–Crippen MR) is 107 cm³/mol. The largest absolute Gasteiger partial charge is 0.573 e. The van der Waals surface area contributed by atoms with Crippen molar-refractivity contribution in [2.45, 2.75) is 30.2 Å². The van der Waals surface area contributed by atoms with Crippen molar-refractivity contribution < 1.29 is 35.9 Å². The highest BCUT2D eigenvalue weighted by Crippen LogP contribution is 2.26. The summed E-state index contributed by atoms with van der Waals surface area (Å²) >= 11 is 6.02. The Bertz CT molecular complexity index is 1040. The van der Waals surface area contributed by atoms with E-state index in [4.69, 9.17) is 16.3 Å². The first-order valence-electron chi connectivity index (χ1n) is 9.11. The van der Waals surface area contributed by atoms with Crippen LogP contribution in [-0.4, -0.2) is 39.9 Å². The summed E-state index contributed by atoms with van der Waals surface area (Å²) in [5, 5.41) is 2.40. The molecule has 1 fully saturated rings. The SMILES string of the molecule is O=C(Nc1ccc(OC(F)(F)F)cc1)c1ccc(Cl)c(S(=O)(=O)NC[C@H]2CCCO2)c1. The summed E-state index contributed by atoms with van der Waals surface area (Å²) in [6.45, 7) is 0.660. The van der Waals surface area contributed by atoms with E-state index in [2.05, 4.69) is 14.8 Å². The topological polar surface area (TPSA) is 93.7 Å². The summed E-state index contributed by atoms with van der Waals surface area (Å²) in [4.78, 5) is 12.2. The number of amides is 1. The van der Waals surface area contributed by atoms with Crippen molar-refractivity contribution in [1.29, 1.82) is 0 Å². The molecule has 31 heavy (non-hydrogen) atoms. The fourth-order valence-electron chi connectivity index (χ4n) is 2.88. The van der Waals surface area contributed by atoms with Crippen LogP contribution in [0.5, 0.6) is 5.75 Å². The Morgan fingerprint density at radius 3 is 2.52 bits per heavy atom. The maximum absolute atomic E-state index is 12.6. The van der Waals surface area contributed by atoms with Crippen LogP contribution in [0.25, 0.3) is 0 Å². The molecule has 168 valence electrons. The van der Waals surface area contributed by atoms with Gasteiger partial charge in [-0.15, -0.1) is 13.2 Å². The van der Waals surface area contributed by atoms with Crippen LogP contribution < -0.4 is 14.8 Å². The third-order valence-corrected chi connectivity index (χ3v) is 6.26. The number of halogens is 4. The van der Waals surface area contributed by atoms with Gasteiger partial charge in [0.15, 0.2) is 0 Å². The number of alkyl halides is 3. The van der Waals surface area contributed by atoms with E-state index >= 15 is 0 Å². The van der Waals surface area contributed by atoms with Gasteiger partial charge in [-0.1, -0.05) is 11.6 Å². The van der Waals surface area contributed by atoms with Gasteiger partial charge >= 0.3 is 6.36 Å². The number of hydrogen-bond donors (Lipinski definition) is 2. The summed E-state index contributed by atoms with van der Waals surface area (Å²) in [6, 6.07) is 8.24. The van der Waals surface area contributed by atoms with Gasteiger partial charge in [0.05, 0.1) is 11.1 Å². The molecule has 0 aliphatic carbocycles. The van der Waals surface area contributed by atoms with E-state index in [1.54, 1.807) is 0 Å². The lowest BCUT2D eigenvalue weighted by atomic mass is 10.2. The predicted octanol–water partition coefficient (Wildman–Crippen LogP) is 3.95. The molecule has 0 spiro atoms. The van der Waals surface area contributed by atoms with Crippen molar-refractivity contribution in [3.8, 4) is 5.75 Å². The summed E-state index contributed by atoms with van der Waals surface area (Å²) in [7, 11) is -4.00. The third kappa shape index (κ3) is 6.57. The van der Waals surface area contributed by atoms with Crippen molar-refractivity contribution in [3.05, 3.63) is 53.1 Å². The number of benzene rings is 2. The van der Waals surface area contributed by atoms with Gasteiger partial charge in [-0.2, -0.15) is 0 Å². The summed E-state index contributed by atoms with van der Waals surface area (Å²) in [5.74, 6) is -1.11. The van der Waals surface area contributed by atoms with E-state index in [0.29, 0.717) is 6.61 Å². The van der Waals surface area contributed by atoms with E-state index in [1.807, 2.05) is 0 Å². The Morgan fingerprint density at radius 2 is 1.90 bits per heavy atom. The lowest BCUT2D eigenvalue weighted by Crippen LogP contribution is -2.32. The zero-order valence-corrected chi connectivity index (χ0v) is 17.5. The second kappa shape index (κ2) is 9.43. The minimum absolute atomic E-state index is 0.00231. The Kier molecular flexibility index (Phi) is 7.10. The Morgan fingerprint density at radius 1 is 1.19 bits per heavy atom. The molecule has 2 aromatic rings. The minimum atomic E-state index is -4.83. The fraction of sp³-hybridized carbons (Fsp3) is 0.316. The van der Waals surface area contributed by atoms with Gasteiger partial charge in [-0.3, -0.25) is 4.79 Å². The van der Waals surface area contributed by atoms with Crippen LogP contribution in [-0.2, 0) is 14.8 Å². The highest BCUT2D eigenvalue weighted by molar-refractivity contribution is 7.89. The highest BCUT2D eigenvalue weighted by atomic mass is 35.5. The van der Waals surface area contributed by atoms with E-state index in [0.717, 1.165) is 31.0 Å². The fourth-order valence-corrected chi connectivity index (χ4v) is 4.47. The number of nitrogens with one attached hydrogen (secondary N) is 2. The number of rotatable bonds is 7. The summed E-state index contributed by atoms with van der Waals surface area (Å²) in [6.07, 6.45) is -3.45. The molecule has 0 bridgehead atoms. The van der Waals surface area contributed by atoms with Gasteiger partial charge in [-0.25, -0.2) is 13.1 Å². The van der Waals surface area contributed by atoms with Gasteiger partial charge in [0.2, 0.25) is 10.0 Å². The van der Waals surface area contributed by atoms with E-state index in [-0.39, 0.29) is 33.8 Å². The molecule has 0 radical (unpaired) electrons. The number of hydrogen-bond acceptors (Lipinski definition) is 5. The first-order chi connectivity index (χ1) is 14.5. The molecule has 1 saturated heterocycles. The summed E-state index contributed by atoms with van der Waals surface area (Å²) in [5.41, 5.74) is 0.188. The van der Waals surface area contributed by atoms with Gasteiger partial charge in [0.25, 0.3) is 5.91 Å². The first kappa shape index (κ1) is 23.3. The smallest absolute Gasteiger partial charge is 0.406 e. The molecule has 3 rings (SSSR count). The van der Waals surface area contributed by atoms with Gasteiger partial charge in [-0.05, 0) is 55.3 Å². The monoisotopic (exact) mass is 478 g/mol. The first-order valence-corrected chi connectivity index (χ1v) is 11.0. The molecule has 7 nitrogen and oxygen atoms in total. The number of sulfonamides is 1. The molecule has 1 heterocycles. The molecule has 0 saturated carbocycles. The zero-order chi connectivity index (χ0) is 22.6. The molecule has 0 unspecified atom stereocenters. The normalized spacial score (nSPS) is 16.8. The van der Waals surface area contributed by atoms with Gasteiger partial charge in [0, 0.05) is 24.4 Å². The molecule has 1 atom stereocenters. The lowest BCUT2D eigenvalue weighted by molar-refractivity contribution is -0.274. The van der Waals surface area contributed by atoms with E-state index < -0.39 is 28.0 Å². The maximum atomic E-state index is 12.6. The second-order valence-corrected chi connectivity index (χ2v) is 8.80. The standard InChI is InChI=1S/C19H18ClF3N2O5S/c20-16-8-3-12(10-17(16)31(27,28)24-11-15-2-1-9-29-15)18(26)25-13-4-6-14(7-5-13)30-19(21,22)23/h3-8,10,15,24H,1-2,9,11H2,(H,25,26)/t15-/m1/s1. The highest BCUT2D eigenvalue weighted by Gasteiger charge is 2.31. The number of anilines is 1. The average molecular weight is 479 g/mol. The van der Waals surface area contributed by atoms with Crippen LogP contribution in [0.2, 0.25) is 5.02 Å². The molecular weight excluding hydrogens is 461 g/mol. The van der Waals surface area contributed by atoms with Crippen molar-refractivity contribution in [1.82, 2.24) is 4.72 Å². The summed E-state index contributed by atoms with van der Waals surface area (Å²) < 4.78 is 73.4. The molecule has 0 aromatic heterocycles. The second-order valence-electron chi connectivity index (χ2n) is 6.66. The molecule has 2 aromatic carbocycles. The zero-order valence-electron chi connectivity index (χ0n) is 15.9. The Labute approximate surface area is 181 Å². The third-order valence-electron chi connectivity index (χ3n) is 4.35. The van der Waals surface area contributed by atoms with Crippen molar-refractivity contribution >= 4 is 33.2 Å². The van der Waals surface area contributed by atoms with Crippen molar-refractivity contribution in [2.75, 3.05) is 18.5 Å². The van der Waals surface area contributed by atoms with E-state index in [1.165, 1.54) is 24.3 Å². The van der Waals surface area contributed by atoms with Crippen LogP contribution in [0.4, 0.5) is 18.9 Å². The van der Waals surface area contributed by atoms with Gasteiger partial charge < -0.3 is 14.8 Å².